The van der Waals surface area contributed by atoms with Crippen molar-refractivity contribution in [3.8, 4) is 5.75 Å². The lowest BCUT2D eigenvalue weighted by atomic mass is 10.2. The molecule has 4 nitrogen and oxygen atoms in total. The molecule has 0 aromatic heterocycles. The van der Waals surface area contributed by atoms with Crippen LogP contribution in [0.2, 0.25) is 0 Å². The largest absolute Gasteiger partial charge is 0.496 e. The molecule has 0 saturated carbocycles. The lowest BCUT2D eigenvalue weighted by Gasteiger charge is -2.13. The molecule has 0 radical (unpaired) electrons. The number of carbonyl (C=O) groups excluding carboxylic acids is 1. The zero-order valence-electron chi connectivity index (χ0n) is 11.7. The summed E-state index contributed by atoms with van der Waals surface area (Å²) in [5.41, 5.74) is 0. The first-order valence-electron chi connectivity index (χ1n) is 6.44. The van der Waals surface area contributed by atoms with Crippen LogP contribution in [0.15, 0.2) is 29.2 Å². The van der Waals surface area contributed by atoms with Crippen LogP contribution in [0, 0.1) is 5.92 Å². The van der Waals surface area contributed by atoms with E-state index in [4.69, 9.17) is 4.74 Å². The molecule has 1 atom stereocenters. The molecule has 106 valence electrons. The van der Waals surface area contributed by atoms with Crippen LogP contribution < -0.4 is 15.4 Å². The molecule has 1 rings (SSSR count). The number of rotatable bonds is 7. The summed E-state index contributed by atoms with van der Waals surface area (Å²) in [5.74, 6) is 2.24. The number of carbonyl (C=O) groups is 1. The fourth-order valence-corrected chi connectivity index (χ4v) is 2.57. The summed E-state index contributed by atoms with van der Waals surface area (Å²) in [6.45, 7) is 5.35. The van der Waals surface area contributed by atoms with E-state index in [9.17, 15) is 4.79 Å². The molecule has 1 aromatic carbocycles. The lowest BCUT2D eigenvalue weighted by molar-refractivity contribution is 0.240. The standard InChI is InChI=1S/C14H22N2O2S/c1-4-15-14(17)16-9-11(2)10-19-13-8-6-5-7-12(13)18-3/h5-8,11H,4,9-10H2,1-3H3,(H2,15,16,17)/t11-/m1/s1. The summed E-state index contributed by atoms with van der Waals surface area (Å²) in [5, 5.41) is 5.57. The Morgan fingerprint density at radius 1 is 1.37 bits per heavy atom. The third-order valence-corrected chi connectivity index (χ3v) is 3.92. The zero-order chi connectivity index (χ0) is 14.1. The number of ether oxygens (including phenoxy) is 1. The molecule has 0 aliphatic rings. The van der Waals surface area contributed by atoms with Crippen LogP contribution in [0.25, 0.3) is 0 Å². The van der Waals surface area contributed by atoms with Crippen molar-refractivity contribution in [3.63, 3.8) is 0 Å². The molecular formula is C14H22N2O2S. The molecule has 5 heteroatoms. The van der Waals surface area contributed by atoms with E-state index in [1.54, 1.807) is 18.9 Å². The van der Waals surface area contributed by atoms with Crippen LogP contribution in [-0.4, -0.2) is 32.0 Å². The second kappa shape index (κ2) is 8.69. The SMILES string of the molecule is CCNC(=O)NC[C@@H](C)CSc1ccccc1OC. The van der Waals surface area contributed by atoms with Crippen LogP contribution in [0.3, 0.4) is 0 Å². The Morgan fingerprint density at radius 2 is 2.11 bits per heavy atom. The van der Waals surface area contributed by atoms with E-state index < -0.39 is 0 Å². The summed E-state index contributed by atoms with van der Waals surface area (Å²) in [7, 11) is 1.68. The molecule has 1 aromatic rings. The van der Waals surface area contributed by atoms with Gasteiger partial charge in [-0.1, -0.05) is 19.1 Å². The van der Waals surface area contributed by atoms with E-state index in [0.717, 1.165) is 16.4 Å². The molecule has 0 aliphatic heterocycles. The van der Waals surface area contributed by atoms with Crippen LogP contribution in [0.5, 0.6) is 5.75 Å². The summed E-state index contributed by atoms with van der Waals surface area (Å²) in [6, 6.07) is 7.87. The number of benzene rings is 1. The van der Waals surface area contributed by atoms with Crippen molar-refractivity contribution >= 4 is 17.8 Å². The highest BCUT2D eigenvalue weighted by atomic mass is 32.2. The van der Waals surface area contributed by atoms with Crippen molar-refractivity contribution in [1.29, 1.82) is 0 Å². The molecule has 2 N–H and O–H groups in total. The zero-order valence-corrected chi connectivity index (χ0v) is 12.5. The molecule has 0 aliphatic carbocycles. The smallest absolute Gasteiger partial charge is 0.314 e. The molecule has 0 spiro atoms. The highest BCUT2D eigenvalue weighted by Crippen LogP contribution is 2.29. The van der Waals surface area contributed by atoms with Crippen molar-refractivity contribution < 1.29 is 9.53 Å². The molecule has 19 heavy (non-hydrogen) atoms. The number of methoxy groups -OCH3 is 1. The number of para-hydroxylation sites is 1. The average molecular weight is 282 g/mol. The van der Waals surface area contributed by atoms with Gasteiger partial charge in [-0.2, -0.15) is 0 Å². The molecule has 0 bridgehead atoms. The maximum absolute atomic E-state index is 11.3. The van der Waals surface area contributed by atoms with Crippen LogP contribution >= 0.6 is 11.8 Å². The fraction of sp³-hybridized carbons (Fsp3) is 0.500. The minimum atomic E-state index is -0.100. The molecular weight excluding hydrogens is 260 g/mol. The van der Waals surface area contributed by atoms with Crippen molar-refractivity contribution in [2.45, 2.75) is 18.7 Å². The molecule has 2 amide bonds. The van der Waals surface area contributed by atoms with E-state index in [-0.39, 0.29) is 6.03 Å². The van der Waals surface area contributed by atoms with Gasteiger partial charge in [0.15, 0.2) is 0 Å². The predicted octanol–water partition coefficient (Wildman–Crippen LogP) is 2.74. The van der Waals surface area contributed by atoms with Gasteiger partial charge in [0.1, 0.15) is 5.75 Å². The Kier molecular flexibility index (Phi) is 7.18. The monoisotopic (exact) mass is 282 g/mol. The number of hydrogen-bond acceptors (Lipinski definition) is 3. The van der Waals surface area contributed by atoms with Gasteiger partial charge in [0.2, 0.25) is 0 Å². The number of thioether (sulfide) groups is 1. The van der Waals surface area contributed by atoms with Crippen LogP contribution in [-0.2, 0) is 0 Å². The van der Waals surface area contributed by atoms with Gasteiger partial charge in [0, 0.05) is 23.7 Å². The van der Waals surface area contributed by atoms with Crippen molar-refractivity contribution in [2.24, 2.45) is 5.92 Å². The quantitative estimate of drug-likeness (QED) is 0.756. The number of nitrogens with one attached hydrogen (secondary N) is 2. The normalized spacial score (nSPS) is 11.7. The van der Waals surface area contributed by atoms with Crippen LogP contribution in [0.4, 0.5) is 4.79 Å². The maximum Gasteiger partial charge on any atom is 0.314 e. The molecule has 0 unspecified atom stereocenters. The summed E-state index contributed by atoms with van der Waals surface area (Å²) in [4.78, 5) is 12.4. The van der Waals surface area contributed by atoms with Gasteiger partial charge in [-0.05, 0) is 25.0 Å². The lowest BCUT2D eigenvalue weighted by Crippen LogP contribution is -2.37. The summed E-state index contributed by atoms with van der Waals surface area (Å²) in [6.07, 6.45) is 0. The second-order valence-corrected chi connectivity index (χ2v) is 5.37. The van der Waals surface area contributed by atoms with Gasteiger partial charge in [0.05, 0.1) is 7.11 Å². The third kappa shape index (κ3) is 5.87. The minimum absolute atomic E-state index is 0.100. The Labute approximate surface area is 119 Å². The van der Waals surface area contributed by atoms with E-state index in [2.05, 4.69) is 17.6 Å². The number of amides is 2. The van der Waals surface area contributed by atoms with E-state index >= 15 is 0 Å². The number of hydrogen-bond donors (Lipinski definition) is 2. The van der Waals surface area contributed by atoms with E-state index in [1.807, 2.05) is 31.2 Å². The summed E-state index contributed by atoms with van der Waals surface area (Å²) >= 11 is 1.75. The highest BCUT2D eigenvalue weighted by molar-refractivity contribution is 7.99. The van der Waals surface area contributed by atoms with Crippen LogP contribution in [0.1, 0.15) is 13.8 Å². The minimum Gasteiger partial charge on any atom is -0.496 e. The Balaban J connectivity index is 2.33. The van der Waals surface area contributed by atoms with E-state index in [0.29, 0.717) is 19.0 Å². The highest BCUT2D eigenvalue weighted by Gasteiger charge is 2.08. The topological polar surface area (TPSA) is 50.4 Å². The third-order valence-electron chi connectivity index (χ3n) is 2.54. The van der Waals surface area contributed by atoms with Gasteiger partial charge in [-0.25, -0.2) is 4.79 Å². The van der Waals surface area contributed by atoms with Crippen molar-refractivity contribution in [1.82, 2.24) is 10.6 Å². The first-order valence-corrected chi connectivity index (χ1v) is 7.43. The molecule has 0 heterocycles. The Morgan fingerprint density at radius 3 is 2.79 bits per heavy atom. The van der Waals surface area contributed by atoms with Gasteiger partial charge in [-0.15, -0.1) is 11.8 Å². The van der Waals surface area contributed by atoms with Crippen molar-refractivity contribution in [3.05, 3.63) is 24.3 Å². The van der Waals surface area contributed by atoms with Gasteiger partial charge < -0.3 is 15.4 Å². The van der Waals surface area contributed by atoms with Crippen molar-refractivity contribution in [2.75, 3.05) is 26.0 Å². The molecule has 0 saturated heterocycles. The van der Waals surface area contributed by atoms with Gasteiger partial charge in [0.25, 0.3) is 0 Å². The average Bonchev–Trinajstić information content (AvgIpc) is 2.43. The Hall–Kier alpha value is -1.36. The fourth-order valence-electron chi connectivity index (χ4n) is 1.52. The van der Waals surface area contributed by atoms with Gasteiger partial charge >= 0.3 is 6.03 Å². The predicted molar refractivity (Wildman–Crippen MR) is 80.0 cm³/mol. The second-order valence-electron chi connectivity index (χ2n) is 4.31. The number of urea groups is 1. The first kappa shape index (κ1) is 15.7. The first-order chi connectivity index (χ1) is 9.17. The van der Waals surface area contributed by atoms with E-state index in [1.165, 1.54) is 0 Å². The Bertz CT molecular complexity index is 399. The van der Waals surface area contributed by atoms with Gasteiger partial charge in [-0.3, -0.25) is 0 Å². The molecule has 0 fully saturated rings. The maximum atomic E-state index is 11.3. The summed E-state index contributed by atoms with van der Waals surface area (Å²) < 4.78 is 5.31.